The van der Waals surface area contributed by atoms with Crippen LogP contribution in [0.2, 0.25) is 0 Å². The summed E-state index contributed by atoms with van der Waals surface area (Å²) in [5.74, 6) is -0.698. The highest BCUT2D eigenvalue weighted by molar-refractivity contribution is 5.84. The number of likely N-dealkylation sites (tertiary alicyclic amines) is 1. The van der Waals surface area contributed by atoms with Crippen LogP contribution in [0.5, 0.6) is 0 Å². The summed E-state index contributed by atoms with van der Waals surface area (Å²) < 4.78 is 14.1. The number of amides is 2. The molecule has 2 amide bonds. The Balaban J connectivity index is 1.50. The number of hydrogen-bond acceptors (Lipinski definition) is 3. The third kappa shape index (κ3) is 4.69. The van der Waals surface area contributed by atoms with Gasteiger partial charge < -0.3 is 10.6 Å². The molecule has 0 saturated carbocycles. The van der Waals surface area contributed by atoms with Gasteiger partial charge in [0.25, 0.3) is 0 Å². The highest BCUT2D eigenvalue weighted by Gasteiger charge is 2.42. The van der Waals surface area contributed by atoms with E-state index in [0.29, 0.717) is 31.5 Å². The molecule has 1 fully saturated rings. The van der Waals surface area contributed by atoms with E-state index in [4.69, 9.17) is 5.73 Å². The predicted molar refractivity (Wildman–Crippen MR) is 121 cm³/mol. The SMILES string of the molecule is NC(=O)[C@@]1(Cc2ccc(-c3ccccc3F)cc2)CCCN(C(=O)Cc2cccnc2)C1. The molecule has 3 aromatic rings. The van der Waals surface area contributed by atoms with E-state index in [0.717, 1.165) is 23.1 Å². The molecule has 0 spiro atoms. The van der Waals surface area contributed by atoms with Gasteiger partial charge in [-0.3, -0.25) is 14.6 Å². The summed E-state index contributed by atoms with van der Waals surface area (Å²) in [4.78, 5) is 31.2. The lowest BCUT2D eigenvalue weighted by atomic mass is 9.74. The molecule has 0 radical (unpaired) electrons. The Hall–Kier alpha value is -3.54. The topological polar surface area (TPSA) is 76.3 Å². The van der Waals surface area contributed by atoms with E-state index in [1.807, 2.05) is 30.3 Å². The average molecular weight is 432 g/mol. The van der Waals surface area contributed by atoms with Crippen LogP contribution in [0, 0.1) is 11.2 Å². The van der Waals surface area contributed by atoms with Crippen molar-refractivity contribution in [1.82, 2.24) is 9.88 Å². The number of aromatic nitrogens is 1. The normalized spacial score (nSPS) is 18.3. The van der Waals surface area contributed by atoms with Crippen molar-refractivity contribution in [2.45, 2.75) is 25.7 Å². The minimum absolute atomic E-state index is 0.0294. The Morgan fingerprint density at radius 3 is 2.50 bits per heavy atom. The van der Waals surface area contributed by atoms with Crippen molar-refractivity contribution in [2.75, 3.05) is 13.1 Å². The Morgan fingerprint density at radius 1 is 1.03 bits per heavy atom. The van der Waals surface area contributed by atoms with Crippen LogP contribution in [0.4, 0.5) is 4.39 Å². The molecule has 2 N–H and O–H groups in total. The van der Waals surface area contributed by atoms with Gasteiger partial charge in [0.1, 0.15) is 5.82 Å². The van der Waals surface area contributed by atoms with Crippen LogP contribution in [0.25, 0.3) is 11.1 Å². The fourth-order valence-electron chi connectivity index (χ4n) is 4.45. The van der Waals surface area contributed by atoms with Crippen LogP contribution in [0.15, 0.2) is 73.1 Å². The van der Waals surface area contributed by atoms with Crippen LogP contribution >= 0.6 is 0 Å². The summed E-state index contributed by atoms with van der Waals surface area (Å²) in [6.45, 7) is 0.914. The fourth-order valence-corrected chi connectivity index (χ4v) is 4.45. The number of halogens is 1. The van der Waals surface area contributed by atoms with E-state index in [1.165, 1.54) is 6.07 Å². The van der Waals surface area contributed by atoms with Gasteiger partial charge in [-0.1, -0.05) is 48.5 Å². The van der Waals surface area contributed by atoms with Crippen LogP contribution in [0.1, 0.15) is 24.0 Å². The molecule has 0 bridgehead atoms. The fraction of sp³-hybridized carbons (Fsp3) is 0.269. The number of rotatable bonds is 6. The van der Waals surface area contributed by atoms with Crippen molar-refractivity contribution in [3.05, 3.63) is 90.0 Å². The van der Waals surface area contributed by atoms with Gasteiger partial charge in [0.15, 0.2) is 0 Å². The van der Waals surface area contributed by atoms with Crippen LogP contribution in [0.3, 0.4) is 0 Å². The van der Waals surface area contributed by atoms with E-state index in [-0.39, 0.29) is 18.1 Å². The van der Waals surface area contributed by atoms with Crippen molar-refractivity contribution in [3.63, 3.8) is 0 Å². The van der Waals surface area contributed by atoms with Gasteiger partial charge in [0.05, 0.1) is 11.8 Å². The number of pyridine rings is 1. The van der Waals surface area contributed by atoms with E-state index in [1.54, 1.807) is 41.6 Å². The molecule has 0 aliphatic carbocycles. The first kappa shape index (κ1) is 21.7. The van der Waals surface area contributed by atoms with E-state index in [2.05, 4.69) is 4.98 Å². The van der Waals surface area contributed by atoms with E-state index < -0.39 is 11.3 Å². The minimum atomic E-state index is -0.817. The maximum atomic E-state index is 14.1. The van der Waals surface area contributed by atoms with Crippen molar-refractivity contribution in [3.8, 4) is 11.1 Å². The van der Waals surface area contributed by atoms with Crippen molar-refractivity contribution in [1.29, 1.82) is 0 Å². The van der Waals surface area contributed by atoms with Crippen LogP contribution in [-0.2, 0) is 22.4 Å². The van der Waals surface area contributed by atoms with Crippen molar-refractivity contribution < 1.29 is 14.0 Å². The third-order valence-corrected chi connectivity index (χ3v) is 6.21. The Labute approximate surface area is 187 Å². The molecule has 4 rings (SSSR count). The Bertz CT molecular complexity index is 1100. The standard InChI is InChI=1S/C26H26FN3O2/c27-23-7-2-1-6-22(23)21-10-8-19(9-11-21)16-26(25(28)32)12-4-14-30(18-26)24(31)15-20-5-3-13-29-17-20/h1-3,5-11,13,17H,4,12,14-16,18H2,(H2,28,32)/t26-/m1/s1. The van der Waals surface area contributed by atoms with Gasteiger partial charge in [-0.2, -0.15) is 0 Å². The molecule has 1 aliphatic rings. The molecular weight excluding hydrogens is 405 g/mol. The largest absolute Gasteiger partial charge is 0.369 e. The van der Waals surface area contributed by atoms with Crippen molar-refractivity contribution >= 4 is 11.8 Å². The van der Waals surface area contributed by atoms with Gasteiger partial charge in [-0.25, -0.2) is 4.39 Å². The monoisotopic (exact) mass is 431 g/mol. The van der Waals surface area contributed by atoms with Gasteiger partial charge >= 0.3 is 0 Å². The van der Waals surface area contributed by atoms with Crippen molar-refractivity contribution in [2.24, 2.45) is 11.1 Å². The lowest BCUT2D eigenvalue weighted by Crippen LogP contribution is -2.53. The maximum absolute atomic E-state index is 14.1. The minimum Gasteiger partial charge on any atom is -0.369 e. The first-order valence-corrected chi connectivity index (χ1v) is 10.8. The molecule has 0 unspecified atom stereocenters. The molecule has 1 atom stereocenters. The first-order chi connectivity index (χ1) is 15.5. The summed E-state index contributed by atoms with van der Waals surface area (Å²) in [7, 11) is 0. The van der Waals surface area contributed by atoms with Crippen LogP contribution < -0.4 is 5.73 Å². The summed E-state index contributed by atoms with van der Waals surface area (Å²) in [6.07, 6.45) is 5.39. The predicted octanol–water partition coefficient (Wildman–Crippen LogP) is 3.77. The second kappa shape index (κ2) is 9.30. The lowest BCUT2D eigenvalue weighted by molar-refractivity contribution is -0.139. The Morgan fingerprint density at radius 2 is 1.81 bits per heavy atom. The molecular formula is C26H26FN3O2. The highest BCUT2D eigenvalue weighted by Crippen LogP contribution is 2.34. The number of piperidine rings is 1. The van der Waals surface area contributed by atoms with Gasteiger partial charge in [0, 0.05) is 31.0 Å². The molecule has 5 nitrogen and oxygen atoms in total. The van der Waals surface area contributed by atoms with Gasteiger partial charge in [-0.05, 0) is 48.1 Å². The highest BCUT2D eigenvalue weighted by atomic mass is 19.1. The summed E-state index contributed by atoms with van der Waals surface area (Å²) in [5, 5.41) is 0. The summed E-state index contributed by atoms with van der Waals surface area (Å²) in [6, 6.07) is 17.8. The molecule has 6 heteroatoms. The lowest BCUT2D eigenvalue weighted by Gasteiger charge is -2.41. The zero-order valence-corrected chi connectivity index (χ0v) is 17.8. The zero-order valence-electron chi connectivity index (χ0n) is 17.8. The number of carbonyl (C=O) groups is 2. The Kier molecular flexibility index (Phi) is 6.30. The first-order valence-electron chi connectivity index (χ1n) is 10.8. The third-order valence-electron chi connectivity index (χ3n) is 6.21. The van der Waals surface area contributed by atoms with Crippen LogP contribution in [-0.4, -0.2) is 34.8 Å². The molecule has 1 aromatic heterocycles. The molecule has 2 aromatic carbocycles. The number of hydrogen-bond donors (Lipinski definition) is 1. The zero-order chi connectivity index (χ0) is 22.6. The number of nitrogens with zero attached hydrogens (tertiary/aromatic N) is 2. The second-order valence-corrected chi connectivity index (χ2v) is 8.46. The number of carbonyl (C=O) groups excluding carboxylic acids is 2. The van der Waals surface area contributed by atoms with Gasteiger partial charge in [0.2, 0.25) is 11.8 Å². The molecule has 1 saturated heterocycles. The number of nitrogens with two attached hydrogens (primary N) is 1. The maximum Gasteiger partial charge on any atom is 0.227 e. The molecule has 2 heterocycles. The van der Waals surface area contributed by atoms with E-state index >= 15 is 0 Å². The van der Waals surface area contributed by atoms with Gasteiger partial charge in [-0.15, -0.1) is 0 Å². The average Bonchev–Trinajstić information content (AvgIpc) is 2.81. The summed E-state index contributed by atoms with van der Waals surface area (Å²) in [5.41, 5.74) is 8.14. The quantitative estimate of drug-likeness (QED) is 0.646. The summed E-state index contributed by atoms with van der Waals surface area (Å²) >= 11 is 0. The second-order valence-electron chi connectivity index (χ2n) is 8.46. The molecule has 1 aliphatic heterocycles. The molecule has 32 heavy (non-hydrogen) atoms. The smallest absolute Gasteiger partial charge is 0.227 e. The van der Waals surface area contributed by atoms with E-state index in [9.17, 15) is 14.0 Å². The molecule has 164 valence electrons. The number of primary amides is 1. The number of benzene rings is 2.